The van der Waals surface area contributed by atoms with Gasteiger partial charge in [0.05, 0.1) is 5.92 Å². The van der Waals surface area contributed by atoms with Gasteiger partial charge in [0.2, 0.25) is 0 Å². The lowest BCUT2D eigenvalue weighted by molar-refractivity contribution is -0.140. The Morgan fingerprint density at radius 3 is 2.50 bits per heavy atom. The van der Waals surface area contributed by atoms with E-state index in [0.29, 0.717) is 13.1 Å². The van der Waals surface area contributed by atoms with Gasteiger partial charge in [-0.1, -0.05) is 43.3 Å². The van der Waals surface area contributed by atoms with Gasteiger partial charge in [-0.15, -0.1) is 0 Å². The Kier molecular flexibility index (Phi) is 5.21. The van der Waals surface area contributed by atoms with E-state index in [-0.39, 0.29) is 0 Å². The van der Waals surface area contributed by atoms with Gasteiger partial charge < -0.3 is 10.0 Å². The zero-order valence-corrected chi connectivity index (χ0v) is 13.4. The summed E-state index contributed by atoms with van der Waals surface area (Å²) in [6.07, 6.45) is 0. The molecular weight excluding hydrogens is 274 g/mol. The normalized spacial score (nSPS) is 12.0. The molecular formula is C19H23NO2. The second-order valence-corrected chi connectivity index (χ2v) is 5.89. The summed E-state index contributed by atoms with van der Waals surface area (Å²) >= 11 is 0. The van der Waals surface area contributed by atoms with Crippen LogP contribution in [-0.4, -0.2) is 17.6 Å². The number of nitrogens with zero attached hydrogens (tertiary/aromatic N) is 1. The van der Waals surface area contributed by atoms with Gasteiger partial charge in [-0.3, -0.25) is 4.79 Å². The van der Waals surface area contributed by atoms with E-state index in [1.165, 1.54) is 16.7 Å². The predicted octanol–water partition coefficient (Wildman–Crippen LogP) is 4.03. The highest BCUT2D eigenvalue weighted by Gasteiger charge is 2.17. The lowest BCUT2D eigenvalue weighted by Crippen LogP contribution is -2.31. The molecule has 0 aliphatic rings. The molecule has 1 unspecified atom stereocenters. The lowest BCUT2D eigenvalue weighted by atomic mass is 10.1. The van der Waals surface area contributed by atoms with Crippen molar-refractivity contribution in [2.75, 3.05) is 11.4 Å². The zero-order valence-electron chi connectivity index (χ0n) is 13.4. The molecule has 2 aromatic rings. The van der Waals surface area contributed by atoms with E-state index in [1.54, 1.807) is 6.92 Å². The molecule has 2 aromatic carbocycles. The zero-order chi connectivity index (χ0) is 16.1. The minimum Gasteiger partial charge on any atom is -0.481 e. The molecule has 0 aromatic heterocycles. The molecule has 0 amide bonds. The maximum Gasteiger partial charge on any atom is 0.308 e. The van der Waals surface area contributed by atoms with E-state index in [2.05, 4.69) is 43.0 Å². The minimum absolute atomic E-state index is 0.412. The van der Waals surface area contributed by atoms with Crippen molar-refractivity contribution in [2.24, 2.45) is 5.92 Å². The number of carboxylic acids is 1. The Morgan fingerprint density at radius 1 is 1.14 bits per heavy atom. The summed E-state index contributed by atoms with van der Waals surface area (Å²) in [6.45, 7) is 7.10. The van der Waals surface area contributed by atoms with Gasteiger partial charge in [0, 0.05) is 18.8 Å². The first-order chi connectivity index (χ1) is 10.5. The molecule has 0 radical (unpaired) electrons. The van der Waals surface area contributed by atoms with Crippen LogP contribution in [0.15, 0.2) is 48.5 Å². The van der Waals surface area contributed by atoms with Gasteiger partial charge >= 0.3 is 5.97 Å². The fraction of sp³-hybridized carbons (Fsp3) is 0.316. The summed E-state index contributed by atoms with van der Waals surface area (Å²) in [5, 5.41) is 9.23. The monoisotopic (exact) mass is 297 g/mol. The first kappa shape index (κ1) is 16.1. The van der Waals surface area contributed by atoms with Crippen molar-refractivity contribution in [1.29, 1.82) is 0 Å². The molecule has 1 atom stereocenters. The van der Waals surface area contributed by atoms with Crippen molar-refractivity contribution in [2.45, 2.75) is 27.3 Å². The quantitative estimate of drug-likeness (QED) is 0.875. The number of hydrogen-bond acceptors (Lipinski definition) is 2. The number of aryl methyl sites for hydroxylation is 2. The van der Waals surface area contributed by atoms with Gasteiger partial charge in [-0.05, 0) is 42.7 Å². The summed E-state index contributed by atoms with van der Waals surface area (Å²) in [6, 6.07) is 16.4. The van der Waals surface area contributed by atoms with Crippen molar-refractivity contribution in [3.8, 4) is 0 Å². The average Bonchev–Trinajstić information content (AvgIpc) is 2.48. The third-order valence-corrected chi connectivity index (χ3v) is 3.91. The number of rotatable bonds is 6. The summed E-state index contributed by atoms with van der Waals surface area (Å²) in [5.74, 6) is -1.17. The van der Waals surface area contributed by atoms with Crippen LogP contribution >= 0.6 is 0 Å². The third-order valence-electron chi connectivity index (χ3n) is 3.91. The SMILES string of the molecule is Cc1cccc(N(Cc2ccccc2C)CC(C)C(=O)O)c1. The first-order valence-corrected chi connectivity index (χ1v) is 7.56. The second-order valence-electron chi connectivity index (χ2n) is 5.89. The maximum absolute atomic E-state index is 11.2. The van der Waals surface area contributed by atoms with Crippen LogP contribution in [0.3, 0.4) is 0 Å². The average molecular weight is 297 g/mol. The number of aliphatic carboxylic acids is 1. The van der Waals surface area contributed by atoms with Crippen LogP contribution in [0.25, 0.3) is 0 Å². The van der Waals surface area contributed by atoms with E-state index in [4.69, 9.17) is 0 Å². The molecule has 0 saturated heterocycles. The largest absolute Gasteiger partial charge is 0.481 e. The molecule has 0 aliphatic carbocycles. The van der Waals surface area contributed by atoms with E-state index < -0.39 is 11.9 Å². The van der Waals surface area contributed by atoms with Gasteiger partial charge in [-0.25, -0.2) is 0 Å². The number of carbonyl (C=O) groups is 1. The van der Waals surface area contributed by atoms with Crippen molar-refractivity contribution in [1.82, 2.24) is 0 Å². The Bertz CT molecular complexity index is 651. The van der Waals surface area contributed by atoms with Crippen LogP contribution in [0.2, 0.25) is 0 Å². The van der Waals surface area contributed by atoms with Crippen LogP contribution in [0, 0.1) is 19.8 Å². The number of carboxylic acid groups (broad SMARTS) is 1. The molecule has 116 valence electrons. The molecule has 22 heavy (non-hydrogen) atoms. The van der Waals surface area contributed by atoms with Crippen molar-refractivity contribution in [3.05, 3.63) is 65.2 Å². The lowest BCUT2D eigenvalue weighted by Gasteiger charge is -2.27. The molecule has 0 bridgehead atoms. The van der Waals surface area contributed by atoms with Crippen molar-refractivity contribution < 1.29 is 9.90 Å². The number of benzene rings is 2. The van der Waals surface area contributed by atoms with E-state index >= 15 is 0 Å². The summed E-state index contributed by atoms with van der Waals surface area (Å²) < 4.78 is 0. The predicted molar refractivity (Wildman–Crippen MR) is 90.2 cm³/mol. The van der Waals surface area contributed by atoms with E-state index in [9.17, 15) is 9.90 Å². The Balaban J connectivity index is 2.29. The molecule has 0 spiro atoms. The summed E-state index contributed by atoms with van der Waals surface area (Å²) in [4.78, 5) is 13.4. The highest BCUT2D eigenvalue weighted by molar-refractivity contribution is 5.70. The van der Waals surface area contributed by atoms with Crippen LogP contribution in [0.5, 0.6) is 0 Å². The van der Waals surface area contributed by atoms with Crippen molar-refractivity contribution >= 4 is 11.7 Å². The second kappa shape index (κ2) is 7.12. The van der Waals surface area contributed by atoms with E-state index in [1.807, 2.05) is 24.3 Å². The Labute approximate surface area is 132 Å². The Hall–Kier alpha value is -2.29. The summed E-state index contributed by atoms with van der Waals surface area (Å²) in [5.41, 5.74) is 4.69. The van der Waals surface area contributed by atoms with Crippen LogP contribution in [0.4, 0.5) is 5.69 Å². The summed E-state index contributed by atoms with van der Waals surface area (Å²) in [7, 11) is 0. The van der Waals surface area contributed by atoms with Crippen molar-refractivity contribution in [3.63, 3.8) is 0 Å². The molecule has 2 rings (SSSR count). The standard InChI is InChI=1S/C19H23NO2/c1-14-7-6-10-18(11-14)20(12-16(3)19(21)22)13-17-9-5-4-8-15(17)2/h4-11,16H,12-13H2,1-3H3,(H,21,22). The molecule has 3 heteroatoms. The van der Waals surface area contributed by atoms with Gasteiger partial charge in [0.1, 0.15) is 0 Å². The van der Waals surface area contributed by atoms with Gasteiger partial charge in [0.25, 0.3) is 0 Å². The number of hydrogen-bond donors (Lipinski definition) is 1. The first-order valence-electron chi connectivity index (χ1n) is 7.56. The molecule has 0 fully saturated rings. The fourth-order valence-electron chi connectivity index (χ4n) is 2.49. The van der Waals surface area contributed by atoms with Crippen LogP contribution in [0.1, 0.15) is 23.6 Å². The maximum atomic E-state index is 11.2. The minimum atomic E-state index is -0.762. The topological polar surface area (TPSA) is 40.5 Å². The molecule has 1 N–H and O–H groups in total. The highest BCUT2D eigenvalue weighted by Crippen LogP contribution is 2.21. The van der Waals surface area contributed by atoms with Gasteiger partial charge in [-0.2, -0.15) is 0 Å². The molecule has 0 aliphatic heterocycles. The van der Waals surface area contributed by atoms with Crippen LogP contribution < -0.4 is 4.90 Å². The molecule has 0 heterocycles. The fourth-order valence-corrected chi connectivity index (χ4v) is 2.49. The Morgan fingerprint density at radius 2 is 1.86 bits per heavy atom. The smallest absolute Gasteiger partial charge is 0.308 e. The van der Waals surface area contributed by atoms with Gasteiger partial charge in [0.15, 0.2) is 0 Å². The third kappa shape index (κ3) is 4.10. The van der Waals surface area contributed by atoms with E-state index in [0.717, 1.165) is 5.69 Å². The van der Waals surface area contributed by atoms with Crippen LogP contribution in [-0.2, 0) is 11.3 Å². The molecule has 3 nitrogen and oxygen atoms in total. The highest BCUT2D eigenvalue weighted by atomic mass is 16.4. The molecule has 0 saturated carbocycles. The number of anilines is 1.